The van der Waals surface area contributed by atoms with Gasteiger partial charge in [-0.1, -0.05) is 12.1 Å². The van der Waals surface area contributed by atoms with Gasteiger partial charge < -0.3 is 25.7 Å². The zero-order valence-corrected chi connectivity index (χ0v) is 18.6. The number of aromatic nitrogens is 2. The molecule has 8 heteroatoms. The molecule has 5 rings (SSSR count). The lowest BCUT2D eigenvalue weighted by atomic mass is 10.0. The van der Waals surface area contributed by atoms with E-state index in [2.05, 4.69) is 33.3 Å². The molecule has 0 bridgehead atoms. The number of benzene rings is 1. The fourth-order valence-corrected chi connectivity index (χ4v) is 4.32. The van der Waals surface area contributed by atoms with E-state index < -0.39 is 11.9 Å². The highest BCUT2D eigenvalue weighted by atomic mass is 19.1. The molecule has 2 aliphatic rings. The first-order valence-electron chi connectivity index (χ1n) is 11.3. The molecule has 1 aromatic carbocycles. The number of nitrogens with one attached hydrogen (secondary N) is 2. The monoisotopic (exact) mass is 449 g/mol. The molecule has 0 radical (unpaired) electrons. The number of H-pyrrole nitrogens is 1. The Hall–Kier alpha value is -3.23. The van der Waals surface area contributed by atoms with Crippen LogP contribution < -0.4 is 15.8 Å². The van der Waals surface area contributed by atoms with Crippen molar-refractivity contribution in [2.45, 2.75) is 37.8 Å². The Morgan fingerprint density at radius 1 is 1.33 bits per heavy atom. The maximum atomic E-state index is 14.9. The van der Waals surface area contributed by atoms with Crippen molar-refractivity contribution >= 4 is 22.5 Å². The van der Waals surface area contributed by atoms with E-state index in [0.717, 1.165) is 43.3 Å². The van der Waals surface area contributed by atoms with Crippen molar-refractivity contribution < 1.29 is 13.9 Å². The van der Waals surface area contributed by atoms with Crippen molar-refractivity contribution in [2.75, 3.05) is 20.1 Å². The summed E-state index contributed by atoms with van der Waals surface area (Å²) in [5.41, 5.74) is 9.73. The van der Waals surface area contributed by atoms with E-state index in [4.69, 9.17) is 10.5 Å². The molecule has 7 nitrogen and oxygen atoms in total. The quantitative estimate of drug-likeness (QED) is 0.514. The lowest BCUT2D eigenvalue weighted by Crippen LogP contribution is -2.49. The summed E-state index contributed by atoms with van der Waals surface area (Å²) >= 11 is 0. The van der Waals surface area contributed by atoms with Crippen LogP contribution in [0.5, 0.6) is 11.5 Å². The van der Waals surface area contributed by atoms with Gasteiger partial charge >= 0.3 is 0 Å². The topological polar surface area (TPSA) is 96.3 Å². The number of allylic oxidation sites excluding steroid dienone is 2. The molecule has 1 amide bonds. The number of ether oxygens (including phenoxy) is 1. The highest BCUT2D eigenvalue weighted by Crippen LogP contribution is 2.40. The average molecular weight is 450 g/mol. The summed E-state index contributed by atoms with van der Waals surface area (Å²) in [6.07, 6.45) is 8.69. The van der Waals surface area contributed by atoms with Crippen molar-refractivity contribution in [1.29, 1.82) is 0 Å². The van der Waals surface area contributed by atoms with E-state index >= 15 is 0 Å². The normalized spacial score (nSPS) is 17.6. The Bertz CT molecular complexity index is 1210. The number of fused-ring (bicyclic) bond motifs is 1. The lowest BCUT2D eigenvalue weighted by molar-refractivity contribution is -0.123. The van der Waals surface area contributed by atoms with Crippen LogP contribution in [0.25, 0.3) is 16.6 Å². The zero-order chi connectivity index (χ0) is 22.9. The third kappa shape index (κ3) is 4.77. The van der Waals surface area contributed by atoms with Gasteiger partial charge in [0.2, 0.25) is 5.91 Å². The Balaban J connectivity index is 1.25. The molecule has 172 valence electrons. The van der Waals surface area contributed by atoms with E-state index in [1.54, 1.807) is 24.4 Å². The Morgan fingerprint density at radius 3 is 2.85 bits per heavy atom. The molecule has 1 unspecified atom stereocenters. The van der Waals surface area contributed by atoms with E-state index in [1.807, 2.05) is 6.20 Å². The number of nitrogens with zero attached hydrogens (tertiary/aromatic N) is 2. The molecular formula is C25H28FN5O2. The van der Waals surface area contributed by atoms with Crippen LogP contribution in [-0.2, 0) is 11.2 Å². The van der Waals surface area contributed by atoms with Crippen LogP contribution in [0.1, 0.15) is 30.4 Å². The lowest BCUT2D eigenvalue weighted by Gasteiger charge is -2.30. The maximum Gasteiger partial charge on any atom is 0.237 e. The van der Waals surface area contributed by atoms with E-state index in [1.165, 1.54) is 11.6 Å². The fraction of sp³-hybridized carbons (Fsp3) is 0.360. The maximum absolute atomic E-state index is 14.9. The van der Waals surface area contributed by atoms with Crippen LogP contribution >= 0.6 is 0 Å². The largest absolute Gasteiger partial charge is 0.453 e. The Kier molecular flexibility index (Phi) is 5.86. The molecule has 0 spiro atoms. The standard InChI is InChI=1S/C25H28FN5O2/c1-31-10-7-17(8-11-31)30-25(32)20(27)13-15-2-5-21(19(26)12-15)33-22-6-9-28-24-23(22)18(14-29-24)16-3-4-16/h2-3,5-6,9,12,14,17,20H,4,7-8,10-11,13,27H2,1H3,(H,28,29)(H,30,32). The number of hydrogen-bond donors (Lipinski definition) is 3. The molecule has 1 aliphatic heterocycles. The van der Waals surface area contributed by atoms with Gasteiger partial charge in [0.05, 0.1) is 11.4 Å². The second-order valence-electron chi connectivity index (χ2n) is 8.93. The van der Waals surface area contributed by atoms with Crippen LogP contribution in [0.4, 0.5) is 4.39 Å². The molecule has 1 saturated heterocycles. The van der Waals surface area contributed by atoms with Crippen molar-refractivity contribution in [3.8, 4) is 11.5 Å². The van der Waals surface area contributed by atoms with Gasteiger partial charge in [0, 0.05) is 24.0 Å². The van der Waals surface area contributed by atoms with Gasteiger partial charge in [-0.2, -0.15) is 0 Å². The van der Waals surface area contributed by atoms with Gasteiger partial charge in [-0.05, 0) is 75.2 Å². The molecular weight excluding hydrogens is 421 g/mol. The van der Waals surface area contributed by atoms with Crippen LogP contribution in [0.3, 0.4) is 0 Å². The highest BCUT2D eigenvalue weighted by molar-refractivity contribution is 5.98. The zero-order valence-electron chi connectivity index (χ0n) is 18.6. The minimum Gasteiger partial charge on any atom is -0.453 e. The summed E-state index contributed by atoms with van der Waals surface area (Å²) < 4.78 is 20.8. The number of hydrogen-bond acceptors (Lipinski definition) is 5. The number of likely N-dealkylation sites (tertiary alicyclic amines) is 1. The smallest absolute Gasteiger partial charge is 0.237 e. The third-order valence-corrected chi connectivity index (χ3v) is 6.36. The summed E-state index contributed by atoms with van der Waals surface area (Å²) in [4.78, 5) is 22.2. The summed E-state index contributed by atoms with van der Waals surface area (Å²) in [6, 6.07) is 5.87. The van der Waals surface area contributed by atoms with Gasteiger partial charge in [-0.3, -0.25) is 4.79 Å². The molecule has 33 heavy (non-hydrogen) atoms. The number of carbonyl (C=O) groups excluding carboxylic acids is 1. The SMILES string of the molecule is CN1CCC(NC(=O)C(N)Cc2ccc(Oc3ccnc4[nH]cc(C5=CC5)c34)c(F)c2)CC1. The van der Waals surface area contributed by atoms with E-state index in [9.17, 15) is 9.18 Å². The second-order valence-corrected chi connectivity index (χ2v) is 8.93. The molecule has 2 aromatic heterocycles. The van der Waals surface area contributed by atoms with Crippen LogP contribution in [0.15, 0.2) is 42.7 Å². The number of rotatable bonds is 7. The van der Waals surface area contributed by atoms with Crippen molar-refractivity contribution in [1.82, 2.24) is 20.2 Å². The van der Waals surface area contributed by atoms with E-state index in [-0.39, 0.29) is 24.1 Å². The minimum absolute atomic E-state index is 0.118. The molecule has 1 aliphatic carbocycles. The number of halogens is 1. The summed E-state index contributed by atoms with van der Waals surface area (Å²) in [7, 11) is 2.07. The predicted molar refractivity (Wildman–Crippen MR) is 126 cm³/mol. The Morgan fingerprint density at radius 2 is 2.12 bits per heavy atom. The second kappa shape index (κ2) is 8.96. The van der Waals surface area contributed by atoms with Crippen LogP contribution in [0.2, 0.25) is 0 Å². The number of pyridine rings is 1. The number of aromatic amines is 1. The van der Waals surface area contributed by atoms with Gasteiger partial charge in [0.15, 0.2) is 11.6 Å². The van der Waals surface area contributed by atoms with Crippen molar-refractivity contribution in [3.63, 3.8) is 0 Å². The molecule has 0 saturated carbocycles. The van der Waals surface area contributed by atoms with Crippen molar-refractivity contribution in [3.05, 3.63) is 59.7 Å². The number of nitrogens with two attached hydrogens (primary N) is 1. The molecule has 3 aromatic rings. The molecule has 1 atom stereocenters. The highest BCUT2D eigenvalue weighted by Gasteiger charge is 2.23. The fourth-order valence-electron chi connectivity index (χ4n) is 4.32. The number of amides is 1. The first-order chi connectivity index (χ1) is 16.0. The summed E-state index contributed by atoms with van der Waals surface area (Å²) in [5, 5.41) is 3.87. The number of carbonyl (C=O) groups is 1. The molecule has 3 heterocycles. The summed E-state index contributed by atoms with van der Waals surface area (Å²) in [5.74, 6) is -0.0284. The minimum atomic E-state index is -0.732. The average Bonchev–Trinajstić information content (AvgIpc) is 3.55. The first kappa shape index (κ1) is 21.6. The van der Waals surface area contributed by atoms with E-state index in [0.29, 0.717) is 17.0 Å². The van der Waals surface area contributed by atoms with Gasteiger partial charge in [-0.25, -0.2) is 9.37 Å². The Labute approximate surface area is 191 Å². The molecule has 4 N–H and O–H groups in total. The van der Waals surface area contributed by atoms with Gasteiger partial charge in [0.25, 0.3) is 0 Å². The van der Waals surface area contributed by atoms with Gasteiger partial charge in [0.1, 0.15) is 11.4 Å². The van der Waals surface area contributed by atoms with Crippen LogP contribution in [0, 0.1) is 5.82 Å². The number of piperidine rings is 1. The van der Waals surface area contributed by atoms with Crippen molar-refractivity contribution in [2.24, 2.45) is 5.73 Å². The molecule has 1 fully saturated rings. The van der Waals surface area contributed by atoms with Gasteiger partial charge in [-0.15, -0.1) is 0 Å². The summed E-state index contributed by atoms with van der Waals surface area (Å²) in [6.45, 7) is 1.91. The van der Waals surface area contributed by atoms with Crippen LogP contribution in [-0.4, -0.2) is 53.0 Å². The first-order valence-corrected chi connectivity index (χ1v) is 11.3. The third-order valence-electron chi connectivity index (χ3n) is 6.36. The predicted octanol–water partition coefficient (Wildman–Crippen LogP) is 3.36.